The van der Waals surface area contributed by atoms with Crippen molar-refractivity contribution in [2.45, 2.75) is 38.7 Å². The highest BCUT2D eigenvalue weighted by Gasteiger charge is 2.19. The van der Waals surface area contributed by atoms with Gasteiger partial charge in [0.15, 0.2) is 0 Å². The lowest BCUT2D eigenvalue weighted by molar-refractivity contribution is 0.220. The van der Waals surface area contributed by atoms with Crippen molar-refractivity contribution in [3.05, 3.63) is 69.2 Å². The van der Waals surface area contributed by atoms with E-state index in [-0.39, 0.29) is 5.41 Å². The van der Waals surface area contributed by atoms with E-state index in [0.29, 0.717) is 15.6 Å². The van der Waals surface area contributed by atoms with Crippen molar-refractivity contribution in [3.63, 3.8) is 0 Å². The summed E-state index contributed by atoms with van der Waals surface area (Å²) in [4.78, 5) is 0. The first-order valence-corrected chi connectivity index (χ1v) is 7.85. The molecule has 0 radical (unpaired) electrons. The molecule has 0 aliphatic heterocycles. The summed E-state index contributed by atoms with van der Waals surface area (Å²) >= 11 is 12.2. The van der Waals surface area contributed by atoms with E-state index in [1.54, 1.807) is 18.2 Å². The molecule has 3 heteroatoms. The minimum absolute atomic E-state index is 0.136. The first-order chi connectivity index (χ1) is 9.86. The van der Waals surface area contributed by atoms with Crippen LogP contribution in [0.5, 0.6) is 0 Å². The molecule has 2 rings (SSSR count). The van der Waals surface area contributed by atoms with Gasteiger partial charge in [-0.2, -0.15) is 0 Å². The van der Waals surface area contributed by atoms with E-state index in [9.17, 15) is 5.11 Å². The van der Waals surface area contributed by atoms with Gasteiger partial charge in [-0.25, -0.2) is 0 Å². The topological polar surface area (TPSA) is 20.2 Å². The molecule has 0 aliphatic carbocycles. The molecule has 1 N–H and O–H groups in total. The Labute approximate surface area is 136 Å². The Hall–Kier alpha value is -1.02. The maximum Gasteiger partial charge on any atom is 0.106 e. The highest BCUT2D eigenvalue weighted by Crippen LogP contribution is 2.34. The second-order valence-electron chi connectivity index (χ2n) is 5.91. The summed E-state index contributed by atoms with van der Waals surface area (Å²) in [7, 11) is 0. The Morgan fingerprint density at radius 2 is 1.67 bits per heavy atom. The average Bonchev–Trinajstić information content (AvgIpc) is 2.49. The summed E-state index contributed by atoms with van der Waals surface area (Å²) < 4.78 is 0. The minimum atomic E-state index is -0.769. The Morgan fingerprint density at radius 1 is 1.05 bits per heavy atom. The van der Waals surface area contributed by atoms with Crippen molar-refractivity contribution in [1.82, 2.24) is 0 Å². The Kier molecular flexibility index (Phi) is 4.98. The molecule has 0 saturated heterocycles. The molecule has 0 bridgehead atoms. The number of hydrogen-bond acceptors (Lipinski definition) is 1. The van der Waals surface area contributed by atoms with E-state index in [1.807, 2.05) is 12.1 Å². The fourth-order valence-electron chi connectivity index (χ4n) is 2.23. The maximum absolute atomic E-state index is 10.5. The number of benzene rings is 2. The van der Waals surface area contributed by atoms with Crippen molar-refractivity contribution >= 4 is 23.2 Å². The second-order valence-corrected chi connectivity index (χ2v) is 6.69. The second kappa shape index (κ2) is 6.39. The Morgan fingerprint density at radius 3 is 2.24 bits per heavy atom. The van der Waals surface area contributed by atoms with Crippen LogP contribution < -0.4 is 0 Å². The van der Waals surface area contributed by atoms with Crippen LogP contribution >= 0.6 is 23.2 Å². The molecule has 0 amide bonds. The van der Waals surface area contributed by atoms with Crippen molar-refractivity contribution in [2.24, 2.45) is 0 Å². The SMILES string of the molecule is CCC(C)(C)c1ccc(C(O)c2cccc(Cl)c2Cl)cc1. The van der Waals surface area contributed by atoms with Crippen molar-refractivity contribution < 1.29 is 5.11 Å². The molecule has 0 aromatic heterocycles. The van der Waals surface area contributed by atoms with E-state index >= 15 is 0 Å². The van der Waals surface area contributed by atoms with Crippen molar-refractivity contribution in [2.75, 3.05) is 0 Å². The fourth-order valence-corrected chi connectivity index (χ4v) is 2.64. The maximum atomic E-state index is 10.5. The molecule has 0 fully saturated rings. The molecule has 2 aromatic carbocycles. The third-order valence-electron chi connectivity index (χ3n) is 4.17. The van der Waals surface area contributed by atoms with Crippen LogP contribution in [0.2, 0.25) is 10.0 Å². The van der Waals surface area contributed by atoms with Crippen molar-refractivity contribution in [3.8, 4) is 0 Å². The molecule has 1 nitrogen and oxygen atoms in total. The third-order valence-corrected chi connectivity index (χ3v) is 5.00. The van der Waals surface area contributed by atoms with Gasteiger partial charge in [0.2, 0.25) is 0 Å². The monoisotopic (exact) mass is 322 g/mol. The highest BCUT2D eigenvalue weighted by atomic mass is 35.5. The summed E-state index contributed by atoms with van der Waals surface area (Å²) in [6.07, 6.45) is 0.296. The fraction of sp³-hybridized carbons (Fsp3) is 0.333. The summed E-state index contributed by atoms with van der Waals surface area (Å²) in [5, 5.41) is 11.4. The molecule has 2 aromatic rings. The molecule has 0 saturated carbocycles. The van der Waals surface area contributed by atoms with Crippen LogP contribution in [0.25, 0.3) is 0 Å². The highest BCUT2D eigenvalue weighted by molar-refractivity contribution is 6.42. The van der Waals surface area contributed by atoms with Gasteiger partial charge in [0.1, 0.15) is 6.10 Å². The standard InChI is InChI=1S/C18H20Cl2O/c1-4-18(2,3)13-10-8-12(9-11-13)17(21)14-6-5-7-15(19)16(14)20/h5-11,17,21H,4H2,1-3H3. The van der Waals surface area contributed by atoms with Gasteiger partial charge in [-0.15, -0.1) is 0 Å². The molecule has 21 heavy (non-hydrogen) atoms. The molecule has 112 valence electrons. The van der Waals surface area contributed by atoms with E-state index < -0.39 is 6.10 Å². The molecule has 0 spiro atoms. The molecular weight excluding hydrogens is 303 g/mol. The van der Waals surface area contributed by atoms with Gasteiger partial charge in [-0.1, -0.05) is 80.4 Å². The van der Waals surface area contributed by atoms with Crippen LogP contribution in [-0.2, 0) is 5.41 Å². The predicted molar refractivity (Wildman–Crippen MR) is 90.3 cm³/mol. The van der Waals surface area contributed by atoms with Gasteiger partial charge in [-0.3, -0.25) is 0 Å². The number of aliphatic hydroxyl groups is 1. The largest absolute Gasteiger partial charge is 0.384 e. The van der Waals surface area contributed by atoms with Crippen LogP contribution in [-0.4, -0.2) is 5.11 Å². The van der Waals surface area contributed by atoms with Crippen LogP contribution in [0.3, 0.4) is 0 Å². The van der Waals surface area contributed by atoms with Crippen LogP contribution in [0.4, 0.5) is 0 Å². The molecule has 1 unspecified atom stereocenters. The number of halogens is 2. The average molecular weight is 323 g/mol. The van der Waals surface area contributed by atoms with Gasteiger partial charge in [-0.05, 0) is 29.0 Å². The zero-order chi connectivity index (χ0) is 15.6. The van der Waals surface area contributed by atoms with Crippen LogP contribution in [0, 0.1) is 0 Å². The van der Waals surface area contributed by atoms with Crippen LogP contribution in [0.15, 0.2) is 42.5 Å². The summed E-state index contributed by atoms with van der Waals surface area (Å²) in [6.45, 7) is 6.60. The Bertz CT molecular complexity index is 618. The summed E-state index contributed by atoms with van der Waals surface area (Å²) in [5.74, 6) is 0. The van der Waals surface area contributed by atoms with E-state index in [2.05, 4.69) is 32.9 Å². The summed E-state index contributed by atoms with van der Waals surface area (Å²) in [5.41, 5.74) is 2.84. The van der Waals surface area contributed by atoms with E-state index in [0.717, 1.165) is 12.0 Å². The van der Waals surface area contributed by atoms with Gasteiger partial charge in [0, 0.05) is 5.56 Å². The van der Waals surface area contributed by atoms with Crippen molar-refractivity contribution in [1.29, 1.82) is 0 Å². The van der Waals surface area contributed by atoms with E-state index in [4.69, 9.17) is 23.2 Å². The smallest absolute Gasteiger partial charge is 0.106 e. The summed E-state index contributed by atoms with van der Waals surface area (Å²) in [6, 6.07) is 13.3. The number of rotatable bonds is 4. The normalized spacial score (nSPS) is 13.2. The lowest BCUT2D eigenvalue weighted by Crippen LogP contribution is -2.15. The molecular formula is C18H20Cl2O. The molecule has 0 aliphatic rings. The van der Waals surface area contributed by atoms with Gasteiger partial charge < -0.3 is 5.11 Å². The number of hydrogen-bond donors (Lipinski definition) is 1. The zero-order valence-electron chi connectivity index (χ0n) is 12.5. The molecule has 1 atom stereocenters. The van der Waals surface area contributed by atoms with Gasteiger partial charge in [0.25, 0.3) is 0 Å². The third kappa shape index (κ3) is 3.42. The molecule has 0 heterocycles. The van der Waals surface area contributed by atoms with Crippen LogP contribution in [0.1, 0.15) is 50.0 Å². The first-order valence-electron chi connectivity index (χ1n) is 7.09. The predicted octanol–water partition coefficient (Wildman–Crippen LogP) is 5.76. The van der Waals surface area contributed by atoms with E-state index in [1.165, 1.54) is 5.56 Å². The zero-order valence-corrected chi connectivity index (χ0v) is 14.0. The number of aliphatic hydroxyl groups excluding tert-OH is 1. The quantitative estimate of drug-likeness (QED) is 0.758. The Balaban J connectivity index is 2.32. The van der Waals surface area contributed by atoms with Gasteiger partial charge in [0.05, 0.1) is 10.0 Å². The first kappa shape index (κ1) is 16.4. The minimum Gasteiger partial charge on any atom is -0.384 e. The lowest BCUT2D eigenvalue weighted by atomic mass is 9.81. The van der Waals surface area contributed by atoms with Gasteiger partial charge >= 0.3 is 0 Å². The lowest BCUT2D eigenvalue weighted by Gasteiger charge is -2.24.